The van der Waals surface area contributed by atoms with Gasteiger partial charge in [-0.3, -0.25) is 4.79 Å². The van der Waals surface area contributed by atoms with E-state index in [0.717, 1.165) is 10.0 Å². The fraction of sp³-hybridized carbons (Fsp3) is 0.273. The van der Waals surface area contributed by atoms with Crippen molar-refractivity contribution in [2.24, 2.45) is 0 Å². The van der Waals surface area contributed by atoms with Gasteiger partial charge in [0.05, 0.1) is 6.07 Å². The number of nitriles is 1. The summed E-state index contributed by atoms with van der Waals surface area (Å²) in [4.78, 5) is 12.6. The van der Waals surface area contributed by atoms with Crippen molar-refractivity contribution in [3.8, 4) is 6.07 Å². The van der Waals surface area contributed by atoms with E-state index >= 15 is 0 Å². The van der Waals surface area contributed by atoms with Crippen molar-refractivity contribution >= 4 is 21.8 Å². The van der Waals surface area contributed by atoms with Crippen LogP contribution in [0, 0.1) is 11.3 Å². The normalized spacial score (nSPS) is 11.6. The first-order valence-corrected chi connectivity index (χ1v) is 5.24. The number of hydrogen-bond donors (Lipinski definition) is 0. The van der Waals surface area contributed by atoms with Crippen LogP contribution in [0.5, 0.6) is 0 Å². The lowest BCUT2D eigenvalue weighted by Gasteiger charge is -2.21. The zero-order chi connectivity index (χ0) is 11.4. The minimum atomic E-state index is -0.528. The van der Waals surface area contributed by atoms with Crippen molar-refractivity contribution in [1.29, 1.82) is 5.26 Å². The van der Waals surface area contributed by atoms with Gasteiger partial charge in [-0.25, -0.2) is 0 Å². The van der Waals surface area contributed by atoms with Crippen molar-refractivity contribution in [2.45, 2.75) is 13.0 Å². The van der Waals surface area contributed by atoms with Crippen molar-refractivity contribution < 1.29 is 4.79 Å². The second-order valence-corrected chi connectivity index (χ2v) is 4.13. The predicted octanol–water partition coefficient (Wildman–Crippen LogP) is 2.49. The van der Waals surface area contributed by atoms with Gasteiger partial charge in [-0.15, -0.1) is 0 Å². The molecule has 1 atom stereocenters. The SMILES string of the molecule is CC(=O)N(C)C(C#N)c1cccc(Br)c1. The summed E-state index contributed by atoms with van der Waals surface area (Å²) >= 11 is 3.33. The molecule has 0 heterocycles. The fourth-order valence-corrected chi connectivity index (χ4v) is 1.66. The highest BCUT2D eigenvalue weighted by Crippen LogP contribution is 2.21. The van der Waals surface area contributed by atoms with Crippen LogP contribution in [0.1, 0.15) is 18.5 Å². The molecule has 1 aromatic carbocycles. The number of carbonyl (C=O) groups excluding carboxylic acids is 1. The molecule has 0 aromatic heterocycles. The highest BCUT2D eigenvalue weighted by Gasteiger charge is 2.18. The summed E-state index contributed by atoms with van der Waals surface area (Å²) in [7, 11) is 1.62. The van der Waals surface area contributed by atoms with E-state index < -0.39 is 6.04 Å². The largest absolute Gasteiger partial charge is 0.326 e. The number of amides is 1. The first-order chi connectivity index (χ1) is 7.06. The Hall–Kier alpha value is -1.34. The number of hydrogen-bond acceptors (Lipinski definition) is 2. The summed E-state index contributed by atoms with van der Waals surface area (Å²) in [6.45, 7) is 1.45. The Morgan fingerprint density at radius 2 is 2.27 bits per heavy atom. The van der Waals surface area contributed by atoms with E-state index in [1.54, 1.807) is 7.05 Å². The van der Waals surface area contributed by atoms with Gasteiger partial charge < -0.3 is 4.90 Å². The van der Waals surface area contributed by atoms with Gasteiger partial charge in [0, 0.05) is 18.4 Å². The van der Waals surface area contributed by atoms with Gasteiger partial charge in [-0.2, -0.15) is 5.26 Å². The molecule has 0 aliphatic carbocycles. The molecular formula is C11H11BrN2O. The van der Waals surface area contributed by atoms with Crippen LogP contribution in [0.2, 0.25) is 0 Å². The molecule has 0 fully saturated rings. The molecule has 0 saturated heterocycles. The van der Waals surface area contributed by atoms with Crippen LogP contribution in [0.3, 0.4) is 0 Å². The van der Waals surface area contributed by atoms with Crippen LogP contribution >= 0.6 is 15.9 Å². The van der Waals surface area contributed by atoms with E-state index in [0.29, 0.717) is 0 Å². The monoisotopic (exact) mass is 266 g/mol. The Morgan fingerprint density at radius 3 is 2.73 bits per heavy atom. The van der Waals surface area contributed by atoms with Crippen LogP contribution in [0.4, 0.5) is 0 Å². The lowest BCUT2D eigenvalue weighted by Crippen LogP contribution is -2.28. The molecule has 1 aromatic rings. The van der Waals surface area contributed by atoms with Crippen LogP contribution in [-0.4, -0.2) is 17.9 Å². The van der Waals surface area contributed by atoms with Gasteiger partial charge >= 0.3 is 0 Å². The minimum absolute atomic E-state index is 0.124. The molecule has 0 radical (unpaired) electrons. The second kappa shape index (κ2) is 4.94. The van der Waals surface area contributed by atoms with Crippen LogP contribution < -0.4 is 0 Å². The number of benzene rings is 1. The fourth-order valence-electron chi connectivity index (χ4n) is 1.24. The molecule has 0 aliphatic rings. The van der Waals surface area contributed by atoms with Gasteiger partial charge in [-0.1, -0.05) is 28.1 Å². The molecule has 15 heavy (non-hydrogen) atoms. The quantitative estimate of drug-likeness (QED) is 0.826. The Morgan fingerprint density at radius 1 is 1.60 bits per heavy atom. The summed E-state index contributed by atoms with van der Waals surface area (Å²) in [5.41, 5.74) is 0.810. The molecule has 0 N–H and O–H groups in total. The first-order valence-electron chi connectivity index (χ1n) is 4.44. The highest BCUT2D eigenvalue weighted by atomic mass is 79.9. The number of halogens is 1. The Labute approximate surface area is 97.4 Å². The summed E-state index contributed by atoms with van der Waals surface area (Å²) < 4.78 is 0.900. The van der Waals surface area contributed by atoms with Crippen molar-refractivity contribution in [2.75, 3.05) is 7.05 Å². The average Bonchev–Trinajstić information content (AvgIpc) is 2.18. The summed E-state index contributed by atoms with van der Waals surface area (Å²) in [5, 5.41) is 9.03. The smallest absolute Gasteiger partial charge is 0.220 e. The maximum atomic E-state index is 11.2. The molecule has 1 unspecified atom stereocenters. The molecule has 0 aliphatic heterocycles. The molecular weight excluding hydrogens is 256 g/mol. The summed E-state index contributed by atoms with van der Waals surface area (Å²) in [5.74, 6) is -0.124. The van der Waals surface area contributed by atoms with Crippen LogP contribution in [-0.2, 0) is 4.79 Å². The van der Waals surface area contributed by atoms with E-state index in [2.05, 4.69) is 22.0 Å². The van der Waals surface area contributed by atoms with Crippen LogP contribution in [0.25, 0.3) is 0 Å². The number of rotatable bonds is 2. The summed E-state index contributed by atoms with van der Waals surface area (Å²) in [6.07, 6.45) is 0. The van der Waals surface area contributed by atoms with Gasteiger partial charge in [0.2, 0.25) is 5.91 Å². The number of nitrogens with zero attached hydrogens (tertiary/aromatic N) is 2. The van der Waals surface area contributed by atoms with Crippen molar-refractivity contribution in [3.63, 3.8) is 0 Å². The molecule has 0 spiro atoms. The Kier molecular flexibility index (Phi) is 3.87. The number of carbonyl (C=O) groups is 1. The maximum Gasteiger partial charge on any atom is 0.220 e. The third-order valence-electron chi connectivity index (χ3n) is 2.17. The predicted molar refractivity (Wildman–Crippen MR) is 60.9 cm³/mol. The molecule has 1 rings (SSSR count). The van der Waals surface area contributed by atoms with Crippen molar-refractivity contribution in [3.05, 3.63) is 34.3 Å². The van der Waals surface area contributed by atoms with E-state index in [1.165, 1.54) is 11.8 Å². The van der Waals surface area contributed by atoms with Gasteiger partial charge in [0.25, 0.3) is 0 Å². The Balaban J connectivity index is 3.04. The molecule has 4 heteroatoms. The van der Waals surface area contributed by atoms with E-state index in [9.17, 15) is 4.79 Å². The zero-order valence-corrected chi connectivity index (χ0v) is 10.2. The molecule has 3 nitrogen and oxygen atoms in total. The van der Waals surface area contributed by atoms with Gasteiger partial charge in [0.1, 0.15) is 6.04 Å². The molecule has 0 bridgehead atoms. The molecule has 0 saturated carbocycles. The van der Waals surface area contributed by atoms with E-state index in [-0.39, 0.29) is 5.91 Å². The average molecular weight is 267 g/mol. The third kappa shape index (κ3) is 2.80. The topological polar surface area (TPSA) is 44.1 Å². The van der Waals surface area contributed by atoms with Gasteiger partial charge in [-0.05, 0) is 17.7 Å². The second-order valence-electron chi connectivity index (χ2n) is 3.22. The summed E-state index contributed by atoms with van der Waals surface area (Å²) in [6, 6.07) is 8.98. The molecule has 1 amide bonds. The first kappa shape index (κ1) is 11.7. The van der Waals surface area contributed by atoms with E-state index in [4.69, 9.17) is 5.26 Å². The van der Waals surface area contributed by atoms with Crippen LogP contribution in [0.15, 0.2) is 28.7 Å². The molecule has 78 valence electrons. The Bertz CT molecular complexity index is 411. The van der Waals surface area contributed by atoms with Crippen molar-refractivity contribution in [1.82, 2.24) is 4.90 Å². The van der Waals surface area contributed by atoms with E-state index in [1.807, 2.05) is 24.3 Å². The standard InChI is InChI=1S/C11H11BrN2O/c1-8(15)14(2)11(7-13)9-4-3-5-10(12)6-9/h3-6,11H,1-2H3. The minimum Gasteiger partial charge on any atom is -0.326 e. The van der Waals surface area contributed by atoms with Gasteiger partial charge in [0.15, 0.2) is 0 Å². The zero-order valence-electron chi connectivity index (χ0n) is 8.57. The maximum absolute atomic E-state index is 11.2. The third-order valence-corrected chi connectivity index (χ3v) is 2.66. The highest BCUT2D eigenvalue weighted by molar-refractivity contribution is 9.10. The lowest BCUT2D eigenvalue weighted by molar-refractivity contribution is -0.128. The lowest BCUT2D eigenvalue weighted by atomic mass is 10.1.